The van der Waals surface area contributed by atoms with E-state index in [1.807, 2.05) is 49.4 Å². The van der Waals surface area contributed by atoms with Crippen molar-refractivity contribution in [2.75, 3.05) is 13.2 Å². The van der Waals surface area contributed by atoms with Crippen LogP contribution in [-0.4, -0.2) is 29.1 Å². The molecule has 0 saturated carbocycles. The Morgan fingerprint density at radius 2 is 1.89 bits per heavy atom. The lowest BCUT2D eigenvalue weighted by Gasteiger charge is -2.12. The van der Waals surface area contributed by atoms with Crippen LogP contribution >= 0.6 is 23.4 Å². The standard InChI is InChI=1S/C21H21ClN2O2S/c1-3-13-26-18-8-6-5-7-15(18)14-19-20(25)24(4-2)21(27-19)23-17-11-9-16(22)10-12-17/h5-12,14H,3-4,13H2,1-2H3/b19-14+,23-21?. The summed E-state index contributed by atoms with van der Waals surface area (Å²) in [5.74, 6) is 0.742. The molecule has 1 aliphatic heterocycles. The Labute approximate surface area is 168 Å². The predicted molar refractivity (Wildman–Crippen MR) is 114 cm³/mol. The summed E-state index contributed by atoms with van der Waals surface area (Å²) in [6.07, 6.45) is 2.81. The van der Waals surface area contributed by atoms with E-state index < -0.39 is 0 Å². The van der Waals surface area contributed by atoms with Crippen LogP contribution in [0.3, 0.4) is 0 Å². The van der Waals surface area contributed by atoms with Crippen molar-refractivity contribution in [2.45, 2.75) is 20.3 Å². The van der Waals surface area contributed by atoms with Crippen molar-refractivity contribution in [2.24, 2.45) is 4.99 Å². The number of nitrogens with zero attached hydrogens (tertiary/aromatic N) is 2. The molecule has 2 aromatic rings. The van der Waals surface area contributed by atoms with E-state index in [1.54, 1.807) is 17.0 Å². The van der Waals surface area contributed by atoms with E-state index in [1.165, 1.54) is 11.8 Å². The SMILES string of the molecule is CCCOc1ccccc1/C=C1/SC(=Nc2ccc(Cl)cc2)N(CC)C1=O. The van der Waals surface area contributed by atoms with Gasteiger partial charge in [0.05, 0.1) is 17.2 Å². The van der Waals surface area contributed by atoms with Crippen molar-refractivity contribution in [3.63, 3.8) is 0 Å². The van der Waals surface area contributed by atoms with Gasteiger partial charge in [0, 0.05) is 17.1 Å². The summed E-state index contributed by atoms with van der Waals surface area (Å²) >= 11 is 7.31. The van der Waals surface area contributed by atoms with Crippen LogP contribution in [0.4, 0.5) is 5.69 Å². The number of para-hydroxylation sites is 1. The summed E-state index contributed by atoms with van der Waals surface area (Å²) in [6, 6.07) is 15.0. The maximum atomic E-state index is 12.8. The van der Waals surface area contributed by atoms with Gasteiger partial charge in [-0.15, -0.1) is 0 Å². The number of halogens is 1. The molecule has 0 bridgehead atoms. The maximum Gasteiger partial charge on any atom is 0.266 e. The largest absolute Gasteiger partial charge is 0.493 e. The highest BCUT2D eigenvalue weighted by Crippen LogP contribution is 2.35. The molecule has 0 atom stereocenters. The molecule has 0 aromatic heterocycles. The molecule has 27 heavy (non-hydrogen) atoms. The zero-order chi connectivity index (χ0) is 19.2. The third kappa shape index (κ3) is 4.73. The third-order valence-corrected chi connectivity index (χ3v) is 5.18. The smallest absolute Gasteiger partial charge is 0.266 e. The molecule has 0 N–H and O–H groups in total. The first-order valence-corrected chi connectivity index (χ1v) is 10.1. The first-order chi connectivity index (χ1) is 13.1. The van der Waals surface area contributed by atoms with E-state index >= 15 is 0 Å². The molecule has 0 radical (unpaired) electrons. The average Bonchev–Trinajstić information content (AvgIpc) is 2.97. The fraction of sp³-hybridized carbons (Fsp3) is 0.238. The number of hydrogen-bond acceptors (Lipinski definition) is 4. The van der Waals surface area contributed by atoms with Gasteiger partial charge in [0.2, 0.25) is 0 Å². The Bertz CT molecular complexity index is 878. The number of aliphatic imine (C=N–C) groups is 1. The van der Waals surface area contributed by atoms with Gasteiger partial charge in [-0.25, -0.2) is 4.99 Å². The maximum absolute atomic E-state index is 12.8. The van der Waals surface area contributed by atoms with Crippen molar-refractivity contribution in [1.82, 2.24) is 4.90 Å². The van der Waals surface area contributed by atoms with Crippen LogP contribution in [0.2, 0.25) is 5.02 Å². The second-order valence-corrected chi connectivity index (χ2v) is 7.36. The molecule has 3 rings (SSSR count). The van der Waals surface area contributed by atoms with E-state index in [4.69, 9.17) is 16.3 Å². The van der Waals surface area contributed by atoms with Gasteiger partial charge in [0.25, 0.3) is 5.91 Å². The molecule has 0 spiro atoms. The zero-order valence-electron chi connectivity index (χ0n) is 15.3. The molecule has 1 aliphatic rings. The number of amidine groups is 1. The summed E-state index contributed by atoms with van der Waals surface area (Å²) < 4.78 is 5.80. The van der Waals surface area contributed by atoms with E-state index in [9.17, 15) is 4.79 Å². The summed E-state index contributed by atoms with van der Waals surface area (Å²) in [5.41, 5.74) is 1.66. The molecule has 1 heterocycles. The number of ether oxygens (including phenoxy) is 1. The number of rotatable bonds is 6. The molecule has 2 aromatic carbocycles. The Morgan fingerprint density at radius 1 is 1.15 bits per heavy atom. The second kappa shape index (κ2) is 9.11. The van der Waals surface area contributed by atoms with Crippen molar-refractivity contribution in [1.29, 1.82) is 0 Å². The first-order valence-electron chi connectivity index (χ1n) is 8.90. The molecule has 6 heteroatoms. The topological polar surface area (TPSA) is 41.9 Å². The fourth-order valence-corrected chi connectivity index (χ4v) is 3.76. The number of benzene rings is 2. The number of thioether (sulfide) groups is 1. The number of amides is 1. The molecule has 0 unspecified atom stereocenters. The minimum atomic E-state index is -0.0412. The normalized spacial score (nSPS) is 17.1. The lowest BCUT2D eigenvalue weighted by molar-refractivity contribution is -0.122. The van der Waals surface area contributed by atoms with E-state index in [0.717, 1.165) is 23.4 Å². The fourth-order valence-electron chi connectivity index (χ4n) is 2.58. The van der Waals surface area contributed by atoms with Crippen LogP contribution in [0.1, 0.15) is 25.8 Å². The van der Waals surface area contributed by atoms with E-state index in [2.05, 4.69) is 11.9 Å². The van der Waals surface area contributed by atoms with Gasteiger partial charge in [0.1, 0.15) is 5.75 Å². The van der Waals surface area contributed by atoms with Gasteiger partial charge in [-0.2, -0.15) is 0 Å². The van der Waals surface area contributed by atoms with Gasteiger partial charge >= 0.3 is 0 Å². The van der Waals surface area contributed by atoms with E-state index in [-0.39, 0.29) is 5.91 Å². The third-order valence-electron chi connectivity index (χ3n) is 3.92. The van der Waals surface area contributed by atoms with Gasteiger partial charge in [-0.1, -0.05) is 36.7 Å². The van der Waals surface area contributed by atoms with E-state index in [0.29, 0.717) is 28.2 Å². The number of likely N-dealkylation sites (N-methyl/N-ethyl adjacent to an activating group) is 1. The molecule has 140 valence electrons. The highest BCUT2D eigenvalue weighted by atomic mass is 35.5. The van der Waals surface area contributed by atoms with Crippen molar-refractivity contribution in [3.05, 3.63) is 64.0 Å². The van der Waals surface area contributed by atoms with Crippen LogP contribution in [-0.2, 0) is 4.79 Å². The predicted octanol–water partition coefficient (Wildman–Crippen LogP) is 5.75. The summed E-state index contributed by atoms with van der Waals surface area (Å²) in [7, 11) is 0. The molecule has 4 nitrogen and oxygen atoms in total. The molecule has 1 saturated heterocycles. The number of hydrogen-bond donors (Lipinski definition) is 0. The van der Waals surface area contributed by atoms with Crippen LogP contribution < -0.4 is 4.74 Å². The molecular weight excluding hydrogens is 380 g/mol. The molecule has 0 aliphatic carbocycles. The Kier molecular flexibility index (Phi) is 6.58. The van der Waals surface area contributed by atoms with Gasteiger partial charge in [-0.05, 0) is 61.5 Å². The van der Waals surface area contributed by atoms with Crippen LogP contribution in [0.5, 0.6) is 5.75 Å². The number of carbonyl (C=O) groups excluding carboxylic acids is 1. The minimum Gasteiger partial charge on any atom is -0.493 e. The molecule has 1 fully saturated rings. The van der Waals surface area contributed by atoms with Crippen molar-refractivity contribution < 1.29 is 9.53 Å². The van der Waals surface area contributed by atoms with Crippen molar-refractivity contribution in [3.8, 4) is 5.75 Å². The Balaban J connectivity index is 1.90. The number of carbonyl (C=O) groups is 1. The monoisotopic (exact) mass is 400 g/mol. The van der Waals surface area contributed by atoms with Gasteiger partial charge < -0.3 is 4.74 Å². The minimum absolute atomic E-state index is 0.0412. The highest BCUT2D eigenvalue weighted by molar-refractivity contribution is 8.18. The van der Waals surface area contributed by atoms with Crippen LogP contribution in [0.15, 0.2) is 58.4 Å². The van der Waals surface area contributed by atoms with Gasteiger partial charge in [-0.3, -0.25) is 9.69 Å². The lowest BCUT2D eigenvalue weighted by atomic mass is 10.2. The summed E-state index contributed by atoms with van der Waals surface area (Å²) in [5, 5.41) is 1.33. The Morgan fingerprint density at radius 3 is 2.59 bits per heavy atom. The van der Waals surface area contributed by atoms with Crippen LogP contribution in [0, 0.1) is 0 Å². The molecular formula is C21H21ClN2O2S. The zero-order valence-corrected chi connectivity index (χ0v) is 16.9. The first kappa shape index (κ1) is 19.5. The summed E-state index contributed by atoms with van der Waals surface area (Å²) in [4.78, 5) is 19.8. The van der Waals surface area contributed by atoms with Crippen molar-refractivity contribution >= 4 is 46.2 Å². The van der Waals surface area contributed by atoms with Crippen LogP contribution in [0.25, 0.3) is 6.08 Å². The average molecular weight is 401 g/mol. The summed E-state index contributed by atoms with van der Waals surface area (Å²) in [6.45, 7) is 5.21. The Hall–Kier alpha value is -2.24. The second-order valence-electron chi connectivity index (χ2n) is 5.92. The molecule has 1 amide bonds. The highest BCUT2D eigenvalue weighted by Gasteiger charge is 2.32. The van der Waals surface area contributed by atoms with Gasteiger partial charge in [0.15, 0.2) is 5.17 Å². The lowest BCUT2D eigenvalue weighted by Crippen LogP contribution is -2.28. The quantitative estimate of drug-likeness (QED) is 0.579.